The zero-order chi connectivity index (χ0) is 14.8. The number of aromatic nitrogens is 1. The Kier molecular flexibility index (Phi) is 4.77. The standard InChI is InChI=1S/C12H18N2O4S2/c1-2-9-6-4-3-5-7-14(9)20(17,18)12-10(11(15)16)13-8-19-12/h8-9H,2-7H2,1H3,(H,15,16). The normalized spacial score (nSPS) is 21.6. The largest absolute Gasteiger partial charge is 0.476 e. The van der Waals surface area contributed by atoms with Crippen LogP contribution >= 0.6 is 11.3 Å². The molecule has 0 aromatic carbocycles. The van der Waals surface area contributed by atoms with Crippen LogP contribution < -0.4 is 0 Å². The van der Waals surface area contributed by atoms with Gasteiger partial charge in [-0.3, -0.25) is 0 Å². The van der Waals surface area contributed by atoms with Crippen molar-refractivity contribution in [1.29, 1.82) is 0 Å². The van der Waals surface area contributed by atoms with Crippen molar-refractivity contribution in [1.82, 2.24) is 9.29 Å². The van der Waals surface area contributed by atoms with Crippen LogP contribution in [0.1, 0.15) is 49.5 Å². The van der Waals surface area contributed by atoms with Gasteiger partial charge in [-0.15, -0.1) is 11.3 Å². The first-order chi connectivity index (χ1) is 9.48. The molecular formula is C12H18N2O4S2. The van der Waals surface area contributed by atoms with Gasteiger partial charge in [0, 0.05) is 12.6 Å². The van der Waals surface area contributed by atoms with Gasteiger partial charge in [0.25, 0.3) is 10.0 Å². The SMILES string of the molecule is CCC1CCCCCN1S(=O)(=O)c1scnc1C(=O)O. The van der Waals surface area contributed by atoms with Gasteiger partial charge in [0.1, 0.15) is 0 Å². The molecule has 0 aliphatic carbocycles. The molecular weight excluding hydrogens is 300 g/mol. The van der Waals surface area contributed by atoms with E-state index in [1.165, 1.54) is 9.82 Å². The van der Waals surface area contributed by atoms with E-state index in [0.717, 1.165) is 43.4 Å². The van der Waals surface area contributed by atoms with Gasteiger partial charge < -0.3 is 5.11 Å². The van der Waals surface area contributed by atoms with Crippen molar-refractivity contribution in [3.8, 4) is 0 Å². The van der Waals surface area contributed by atoms with E-state index in [-0.39, 0.29) is 15.9 Å². The number of hydrogen-bond acceptors (Lipinski definition) is 5. The molecule has 1 N–H and O–H groups in total. The number of carboxylic acids is 1. The van der Waals surface area contributed by atoms with E-state index in [4.69, 9.17) is 5.11 Å². The summed E-state index contributed by atoms with van der Waals surface area (Å²) in [6.45, 7) is 2.42. The van der Waals surface area contributed by atoms with E-state index in [0.29, 0.717) is 6.54 Å². The van der Waals surface area contributed by atoms with Crippen molar-refractivity contribution >= 4 is 27.3 Å². The second-order valence-electron chi connectivity index (χ2n) is 4.82. The summed E-state index contributed by atoms with van der Waals surface area (Å²) in [5.74, 6) is -1.30. The molecule has 1 aliphatic rings. The summed E-state index contributed by atoms with van der Waals surface area (Å²) < 4.78 is 26.8. The quantitative estimate of drug-likeness (QED) is 0.919. The number of hydrogen-bond donors (Lipinski definition) is 1. The number of carboxylic acid groups (broad SMARTS) is 1. The summed E-state index contributed by atoms with van der Waals surface area (Å²) in [7, 11) is -3.77. The highest BCUT2D eigenvalue weighted by Gasteiger charge is 2.35. The lowest BCUT2D eigenvalue weighted by atomic mass is 10.1. The predicted octanol–water partition coefficient (Wildman–Crippen LogP) is 2.18. The van der Waals surface area contributed by atoms with Crippen LogP contribution in [0.15, 0.2) is 9.72 Å². The van der Waals surface area contributed by atoms with E-state index in [2.05, 4.69) is 4.98 Å². The first-order valence-electron chi connectivity index (χ1n) is 6.67. The van der Waals surface area contributed by atoms with Crippen LogP contribution in [0.3, 0.4) is 0 Å². The van der Waals surface area contributed by atoms with E-state index in [9.17, 15) is 13.2 Å². The topological polar surface area (TPSA) is 87.6 Å². The predicted molar refractivity (Wildman–Crippen MR) is 75.5 cm³/mol. The Labute approximate surface area is 122 Å². The Balaban J connectivity index is 2.41. The molecule has 0 amide bonds. The van der Waals surface area contributed by atoms with Crippen molar-refractivity contribution in [3.63, 3.8) is 0 Å². The minimum atomic E-state index is -3.77. The molecule has 2 heterocycles. The maximum atomic E-state index is 12.7. The van der Waals surface area contributed by atoms with Gasteiger partial charge >= 0.3 is 5.97 Å². The zero-order valence-corrected chi connectivity index (χ0v) is 12.9. The summed E-state index contributed by atoms with van der Waals surface area (Å²) in [5.41, 5.74) is 0.906. The highest BCUT2D eigenvalue weighted by molar-refractivity contribution is 7.91. The van der Waals surface area contributed by atoms with Crippen LogP contribution in [0, 0.1) is 0 Å². The fraction of sp³-hybridized carbons (Fsp3) is 0.667. The molecule has 8 heteroatoms. The lowest BCUT2D eigenvalue weighted by Crippen LogP contribution is -2.39. The average Bonchev–Trinajstić information content (AvgIpc) is 2.78. The van der Waals surface area contributed by atoms with E-state index >= 15 is 0 Å². The minimum absolute atomic E-state index is 0.0498. The van der Waals surface area contributed by atoms with Crippen LogP contribution in [0.5, 0.6) is 0 Å². The molecule has 20 heavy (non-hydrogen) atoms. The number of nitrogens with zero attached hydrogens (tertiary/aromatic N) is 2. The maximum absolute atomic E-state index is 12.7. The number of thiazole rings is 1. The number of rotatable bonds is 4. The molecule has 1 unspecified atom stereocenters. The van der Waals surface area contributed by atoms with Crippen LogP contribution in [0.4, 0.5) is 0 Å². The molecule has 0 radical (unpaired) electrons. The minimum Gasteiger partial charge on any atom is -0.476 e. The van der Waals surface area contributed by atoms with Gasteiger partial charge in [0.2, 0.25) is 0 Å². The van der Waals surface area contributed by atoms with Gasteiger partial charge in [-0.25, -0.2) is 18.2 Å². The third-order valence-corrected chi connectivity index (χ3v) is 6.87. The lowest BCUT2D eigenvalue weighted by Gasteiger charge is -2.27. The fourth-order valence-corrected chi connectivity index (χ4v) is 5.56. The number of sulfonamides is 1. The number of carbonyl (C=O) groups is 1. The lowest BCUT2D eigenvalue weighted by molar-refractivity contribution is 0.0687. The molecule has 0 bridgehead atoms. The van der Waals surface area contributed by atoms with Gasteiger partial charge in [-0.05, 0) is 19.3 Å². The van der Waals surface area contributed by atoms with Crippen LogP contribution in [0.25, 0.3) is 0 Å². The first kappa shape index (κ1) is 15.4. The highest BCUT2D eigenvalue weighted by atomic mass is 32.2. The fourth-order valence-electron chi connectivity index (χ4n) is 2.54. The smallest absolute Gasteiger partial charge is 0.356 e. The monoisotopic (exact) mass is 318 g/mol. The molecule has 6 nitrogen and oxygen atoms in total. The average molecular weight is 318 g/mol. The third kappa shape index (κ3) is 2.87. The zero-order valence-electron chi connectivity index (χ0n) is 11.3. The molecule has 1 aromatic heterocycles. The van der Waals surface area contributed by atoms with Crippen molar-refractivity contribution < 1.29 is 18.3 Å². The Morgan fingerprint density at radius 2 is 2.25 bits per heavy atom. The maximum Gasteiger partial charge on any atom is 0.356 e. The Hall–Kier alpha value is -0.990. The van der Waals surface area contributed by atoms with Gasteiger partial charge in [-0.1, -0.05) is 19.8 Å². The Bertz CT molecular complexity index is 582. The second-order valence-corrected chi connectivity index (χ2v) is 7.76. The molecule has 0 spiro atoms. The molecule has 1 aromatic rings. The highest BCUT2D eigenvalue weighted by Crippen LogP contribution is 2.30. The molecule has 1 aliphatic heterocycles. The van der Waals surface area contributed by atoms with Crippen LogP contribution in [0.2, 0.25) is 0 Å². The summed E-state index contributed by atoms with van der Waals surface area (Å²) >= 11 is 0.876. The van der Waals surface area contributed by atoms with E-state index < -0.39 is 16.0 Å². The van der Waals surface area contributed by atoms with Gasteiger partial charge in [0.05, 0.1) is 5.51 Å². The van der Waals surface area contributed by atoms with Gasteiger partial charge in [0.15, 0.2) is 9.90 Å². The molecule has 112 valence electrons. The second kappa shape index (κ2) is 6.19. The summed E-state index contributed by atoms with van der Waals surface area (Å²) in [4.78, 5) is 14.8. The Morgan fingerprint density at radius 1 is 1.50 bits per heavy atom. The molecule has 1 fully saturated rings. The van der Waals surface area contributed by atoms with E-state index in [1.54, 1.807) is 0 Å². The summed E-state index contributed by atoms with van der Waals surface area (Å²) in [5, 5.41) is 9.06. The molecule has 0 saturated carbocycles. The molecule has 1 atom stereocenters. The van der Waals surface area contributed by atoms with Crippen molar-refractivity contribution in [2.45, 2.75) is 49.3 Å². The summed E-state index contributed by atoms with van der Waals surface area (Å²) in [6, 6.07) is -0.0498. The van der Waals surface area contributed by atoms with Crippen molar-refractivity contribution in [2.75, 3.05) is 6.54 Å². The first-order valence-corrected chi connectivity index (χ1v) is 8.99. The van der Waals surface area contributed by atoms with Gasteiger partial charge in [-0.2, -0.15) is 4.31 Å². The summed E-state index contributed by atoms with van der Waals surface area (Å²) in [6.07, 6.45) is 4.41. The number of aromatic carboxylic acids is 1. The van der Waals surface area contributed by atoms with Crippen molar-refractivity contribution in [3.05, 3.63) is 11.2 Å². The van der Waals surface area contributed by atoms with E-state index in [1.807, 2.05) is 6.92 Å². The molecule has 1 saturated heterocycles. The van der Waals surface area contributed by atoms with Crippen LogP contribution in [-0.4, -0.2) is 41.4 Å². The third-order valence-electron chi connectivity index (χ3n) is 3.57. The Morgan fingerprint density at radius 3 is 2.90 bits per heavy atom. The van der Waals surface area contributed by atoms with Crippen molar-refractivity contribution in [2.24, 2.45) is 0 Å². The molecule has 2 rings (SSSR count). The van der Waals surface area contributed by atoms with Crippen LogP contribution in [-0.2, 0) is 10.0 Å².